The van der Waals surface area contributed by atoms with E-state index in [2.05, 4.69) is 81.9 Å². The van der Waals surface area contributed by atoms with Crippen LogP contribution >= 0.6 is 0 Å². The molecule has 0 radical (unpaired) electrons. The molecule has 14 rings (SSSR count). The number of nitrogens with one attached hydrogen (secondary N) is 2. The van der Waals surface area contributed by atoms with Crippen molar-refractivity contribution in [2.75, 3.05) is 26.8 Å². The first-order chi connectivity index (χ1) is 40.0. The normalized spacial score (nSPS) is 26.0. The van der Waals surface area contributed by atoms with Crippen molar-refractivity contribution in [1.82, 2.24) is 15.2 Å². The number of ether oxygens (including phenoxy) is 3. The van der Waals surface area contributed by atoms with Crippen LogP contribution in [0.4, 0.5) is 0 Å². The molecule has 6 aromatic rings. The number of nitrogens with zero attached hydrogens (tertiary/aromatic N) is 1. The summed E-state index contributed by atoms with van der Waals surface area (Å²) in [4.78, 5) is 0. The van der Waals surface area contributed by atoms with Gasteiger partial charge in [0, 0.05) is 76.7 Å². The first-order valence-electron chi connectivity index (χ1n) is 30.5. The number of hydrogen-bond acceptors (Lipinski definition) is 11. The van der Waals surface area contributed by atoms with E-state index in [0.717, 1.165) is 131 Å². The second-order valence-corrected chi connectivity index (χ2v) is 24.9. The van der Waals surface area contributed by atoms with Gasteiger partial charge in [0.25, 0.3) is 0 Å². The summed E-state index contributed by atoms with van der Waals surface area (Å²) in [5.74, 6) is 9.51. The van der Waals surface area contributed by atoms with Crippen LogP contribution in [0.3, 0.4) is 0 Å². The van der Waals surface area contributed by atoms with E-state index in [4.69, 9.17) is 19.9 Å². The van der Waals surface area contributed by atoms with Gasteiger partial charge in [0.15, 0.2) is 11.5 Å². The van der Waals surface area contributed by atoms with Crippen molar-refractivity contribution in [3.8, 4) is 34.8 Å². The van der Waals surface area contributed by atoms with Gasteiger partial charge in [-0.2, -0.15) is 0 Å². The lowest BCUT2D eigenvalue weighted by atomic mass is 9.51. The summed E-state index contributed by atoms with van der Waals surface area (Å²) in [5, 5.41) is 65.5. The van der Waals surface area contributed by atoms with Crippen LogP contribution in [-0.2, 0) is 60.2 Å². The molecule has 1 spiro atoms. The number of benzene rings is 5. The average molecular weight is 1110 g/mol. The molecule has 3 aliphatic carbocycles. The van der Waals surface area contributed by atoms with E-state index >= 15 is 0 Å². The maximum atomic E-state index is 12.4. The highest BCUT2D eigenvalue weighted by Gasteiger charge is 2.58. The Morgan fingerprint density at radius 1 is 0.817 bits per heavy atom. The first kappa shape index (κ1) is 54.7. The molecule has 6 heterocycles. The first-order valence-corrected chi connectivity index (χ1v) is 30.5. The largest absolute Gasteiger partial charge is 0.508 e. The Kier molecular flexibility index (Phi) is 15.3. The quantitative estimate of drug-likeness (QED) is 0.0645. The molecule has 428 valence electrons. The highest BCUT2D eigenvalue weighted by molar-refractivity contribution is 5.89. The zero-order chi connectivity index (χ0) is 56.1. The number of phenols is 3. The van der Waals surface area contributed by atoms with Crippen LogP contribution in [0.5, 0.6) is 23.0 Å². The van der Waals surface area contributed by atoms with Crippen LogP contribution in [0.25, 0.3) is 16.6 Å². The number of aliphatic hydroxyl groups is 2. The van der Waals surface area contributed by atoms with E-state index in [9.17, 15) is 25.5 Å². The van der Waals surface area contributed by atoms with Crippen molar-refractivity contribution in [3.05, 3.63) is 170 Å². The van der Waals surface area contributed by atoms with Crippen LogP contribution in [0, 0.1) is 29.6 Å². The van der Waals surface area contributed by atoms with Gasteiger partial charge in [0.2, 0.25) is 0 Å². The highest BCUT2D eigenvalue weighted by Crippen LogP contribution is 2.60. The molecule has 5 aliphatic heterocycles. The number of nitrogens with two attached hydrogens (primary N) is 1. The molecule has 9 N–H and O–H groups in total. The van der Waals surface area contributed by atoms with Crippen LogP contribution in [0.15, 0.2) is 114 Å². The zero-order valence-corrected chi connectivity index (χ0v) is 47.5. The summed E-state index contributed by atoms with van der Waals surface area (Å²) >= 11 is 0. The number of rotatable bonds is 9. The van der Waals surface area contributed by atoms with Crippen molar-refractivity contribution in [2.45, 2.75) is 158 Å². The average Bonchev–Trinajstić information content (AvgIpc) is 2.18. The second-order valence-electron chi connectivity index (χ2n) is 24.9. The number of aryl methyl sites for hydroxylation is 2. The summed E-state index contributed by atoms with van der Waals surface area (Å²) in [5.41, 5.74) is 20.0. The van der Waals surface area contributed by atoms with Crippen molar-refractivity contribution < 1.29 is 39.7 Å². The molecule has 1 aromatic heterocycles. The van der Waals surface area contributed by atoms with Gasteiger partial charge in [-0.1, -0.05) is 85.7 Å². The van der Waals surface area contributed by atoms with Crippen LogP contribution in [0.1, 0.15) is 139 Å². The number of likely N-dealkylation sites (N-methyl/N-ethyl adjacent to an activating group) is 1. The number of dihydropyridines is 1. The molecule has 7 atom stereocenters. The molecule has 8 aliphatic rings. The molecule has 5 aromatic carbocycles. The van der Waals surface area contributed by atoms with Gasteiger partial charge in [-0.3, -0.25) is 0 Å². The fourth-order valence-corrected chi connectivity index (χ4v) is 16.1. The molecule has 0 amide bonds. The molecule has 1 saturated carbocycles. The molecule has 12 heteroatoms. The van der Waals surface area contributed by atoms with Crippen molar-refractivity contribution >= 4 is 16.6 Å². The van der Waals surface area contributed by atoms with Crippen molar-refractivity contribution in [3.63, 3.8) is 0 Å². The molecule has 7 unspecified atom stereocenters. The van der Waals surface area contributed by atoms with E-state index in [1.165, 1.54) is 36.0 Å². The zero-order valence-electron chi connectivity index (χ0n) is 47.5. The Balaban J connectivity index is 0.960. The lowest BCUT2D eigenvalue weighted by molar-refractivity contribution is -0.166. The molecule has 1 saturated heterocycles. The fourth-order valence-electron chi connectivity index (χ4n) is 16.1. The Labute approximate surface area is 482 Å². The fraction of sp³-hybridized carbons (Fsp3) is 0.457. The summed E-state index contributed by atoms with van der Waals surface area (Å²) < 4.78 is 23.5. The number of aromatic hydroxyl groups is 3. The minimum Gasteiger partial charge on any atom is -0.508 e. The van der Waals surface area contributed by atoms with Gasteiger partial charge in [-0.25, -0.2) is 0 Å². The summed E-state index contributed by atoms with van der Waals surface area (Å²) in [6.07, 6.45) is 18.3. The number of aliphatic hydroxyl groups excluding tert-OH is 2. The van der Waals surface area contributed by atoms with Gasteiger partial charge in [0.05, 0.1) is 31.0 Å². The predicted molar refractivity (Wildman–Crippen MR) is 319 cm³/mol. The molecular weight excluding hydrogens is 1020 g/mol. The van der Waals surface area contributed by atoms with E-state index in [1.807, 2.05) is 25.2 Å². The highest BCUT2D eigenvalue weighted by atomic mass is 16.5. The van der Waals surface area contributed by atoms with Gasteiger partial charge < -0.3 is 60.7 Å². The number of phenolic OH excluding ortho intramolecular Hbond substituents is 3. The summed E-state index contributed by atoms with van der Waals surface area (Å²) in [6, 6.07) is 28.7. The Morgan fingerprint density at radius 2 is 1.70 bits per heavy atom. The summed E-state index contributed by atoms with van der Waals surface area (Å²) in [7, 11) is 1.94. The minimum absolute atomic E-state index is 0.0197. The molecule has 82 heavy (non-hydrogen) atoms. The second kappa shape index (κ2) is 22.9. The predicted octanol–water partition coefficient (Wildman–Crippen LogP) is 10.7. The lowest BCUT2D eigenvalue weighted by Crippen LogP contribution is -2.59. The number of hydrogen-bond donors (Lipinski definition) is 8. The summed E-state index contributed by atoms with van der Waals surface area (Å²) in [6.45, 7) is 1.41. The third-order valence-corrected chi connectivity index (χ3v) is 20.1. The molecule has 8 bridgehead atoms. The topological polar surface area (TPSA) is 184 Å². The third-order valence-electron chi connectivity index (χ3n) is 20.1. The minimum atomic E-state index is -0.683. The van der Waals surface area contributed by atoms with Gasteiger partial charge in [-0.15, -0.1) is 0 Å². The van der Waals surface area contributed by atoms with Gasteiger partial charge in [-0.05, 0) is 189 Å². The van der Waals surface area contributed by atoms with E-state index in [1.54, 1.807) is 24.3 Å². The smallest absolute Gasteiger partial charge is 0.164 e. The lowest BCUT2D eigenvalue weighted by Gasteiger charge is -2.59. The van der Waals surface area contributed by atoms with E-state index < -0.39 is 12.3 Å². The van der Waals surface area contributed by atoms with Crippen molar-refractivity contribution in [1.29, 1.82) is 0 Å². The van der Waals surface area contributed by atoms with Crippen LogP contribution < -0.4 is 21.1 Å². The molecule has 12 nitrogen and oxygen atoms in total. The van der Waals surface area contributed by atoms with E-state index in [0.29, 0.717) is 56.6 Å². The SMILES string of the molecule is CNCC1=C2C#CC(CCc3ccc(O)c(Cc4cccc(O)c4)c3)CCCC3CC(O)C4CCc5c(c(CO)cc(O)c5OCc5cc(C67CCOC8(CCCCC8)C6CCc6ccccc67)cc6cn(cc56)C(=C2CO3)NC1N)C4. The standard InChI is InChI=1S/C70H80N4O8/c1-72-37-58-55-21-17-43(15-16-44-18-23-62(77)48(29-44)30-45-10-7-12-53(76)31-45)9-8-13-54-36-63(78)47-19-22-56-57(34-47)50(40-75)35-64(79)66(56)81-41-51-33-52(32-49-38-74(39-59(49)51)68(73-67(58)71)60(55)42-80-54)70-27-28-82-69(25-5-2-6-26-69)65(70)24-20-46-11-3-4-14-61(46)70/h3-4,7,10-12,14,18,23,29,31-33,35,38-39,43,47,54,63,65,67,72-73,75-79H,2,5-6,8-9,13,15-16,19-20,22,24-28,30,34,36-37,40-42,71H2,1H3. The Hall–Kier alpha value is -6.56. The number of fused-ring (bicyclic) bond motifs is 7. The van der Waals surface area contributed by atoms with E-state index in [-0.39, 0.29) is 71.9 Å². The Bertz CT molecular complexity index is 3520. The Morgan fingerprint density at radius 3 is 2.55 bits per heavy atom. The maximum Gasteiger partial charge on any atom is 0.164 e. The molecular formula is C70H80N4O8. The monoisotopic (exact) mass is 1100 g/mol. The maximum absolute atomic E-state index is 12.4. The number of aromatic nitrogens is 1. The van der Waals surface area contributed by atoms with Gasteiger partial charge >= 0.3 is 0 Å². The third kappa shape index (κ3) is 10.2. The van der Waals surface area contributed by atoms with Crippen LogP contribution in [0.2, 0.25) is 0 Å². The van der Waals surface area contributed by atoms with Crippen molar-refractivity contribution in [2.24, 2.45) is 23.5 Å². The van der Waals surface area contributed by atoms with Crippen LogP contribution in [-0.4, -0.2) is 80.9 Å². The molecule has 2 fully saturated rings. The van der Waals surface area contributed by atoms with Gasteiger partial charge in [0.1, 0.15) is 30.1 Å².